The fraction of sp³-hybridized carbons (Fsp3) is 0.333. The van der Waals surface area contributed by atoms with E-state index in [1.54, 1.807) is 40.9 Å². The van der Waals surface area contributed by atoms with Gasteiger partial charge in [0, 0.05) is 37.1 Å². The van der Waals surface area contributed by atoms with Gasteiger partial charge in [0.1, 0.15) is 5.75 Å². The molecule has 30 heavy (non-hydrogen) atoms. The van der Waals surface area contributed by atoms with Gasteiger partial charge >= 0.3 is 6.61 Å². The van der Waals surface area contributed by atoms with Gasteiger partial charge in [0.05, 0.1) is 17.4 Å². The fourth-order valence-corrected chi connectivity index (χ4v) is 3.78. The van der Waals surface area contributed by atoms with Gasteiger partial charge in [-0.05, 0) is 42.8 Å². The number of ether oxygens (including phenoxy) is 1. The number of rotatable bonds is 7. The maximum Gasteiger partial charge on any atom is 0.387 e. The van der Waals surface area contributed by atoms with Gasteiger partial charge < -0.3 is 9.64 Å². The normalized spacial score (nSPS) is 11.3. The van der Waals surface area contributed by atoms with Crippen molar-refractivity contribution in [3.63, 3.8) is 0 Å². The number of hydrogen-bond acceptors (Lipinski definition) is 3. The molecule has 1 amide bonds. The Kier molecular flexibility index (Phi) is 6.60. The van der Waals surface area contributed by atoms with Gasteiger partial charge in [0.25, 0.3) is 5.56 Å². The molecule has 3 rings (SSSR count). The van der Waals surface area contributed by atoms with Crippen LogP contribution in [0, 0.1) is 0 Å². The van der Waals surface area contributed by atoms with E-state index in [0.29, 0.717) is 29.6 Å². The van der Waals surface area contributed by atoms with E-state index >= 15 is 0 Å². The number of carbonyl (C=O) groups excluding carboxylic acids is 1. The summed E-state index contributed by atoms with van der Waals surface area (Å²) in [6.07, 6.45) is 0. The van der Waals surface area contributed by atoms with Crippen LogP contribution in [0.4, 0.5) is 8.78 Å². The van der Waals surface area contributed by atoms with E-state index in [9.17, 15) is 18.4 Å². The first-order chi connectivity index (χ1) is 14.2. The van der Waals surface area contributed by atoms with Gasteiger partial charge in [-0.1, -0.05) is 22.0 Å². The Morgan fingerprint density at radius 2 is 1.97 bits per heavy atom. The molecule has 1 heterocycles. The number of benzene rings is 2. The van der Waals surface area contributed by atoms with Crippen LogP contribution in [0.25, 0.3) is 10.9 Å². The van der Waals surface area contributed by atoms with E-state index in [0.717, 1.165) is 10.0 Å². The largest absolute Gasteiger partial charge is 0.434 e. The predicted molar refractivity (Wildman–Crippen MR) is 114 cm³/mol. The second-order valence-corrected chi connectivity index (χ2v) is 7.82. The average Bonchev–Trinajstić information content (AvgIpc) is 2.91. The van der Waals surface area contributed by atoms with Gasteiger partial charge in [-0.3, -0.25) is 19.0 Å². The summed E-state index contributed by atoms with van der Waals surface area (Å²) in [7, 11) is 1.63. The summed E-state index contributed by atoms with van der Waals surface area (Å²) in [4.78, 5) is 26.0. The molecule has 0 bridgehead atoms. The van der Waals surface area contributed by atoms with Crippen molar-refractivity contribution in [2.75, 3.05) is 6.54 Å². The zero-order valence-electron chi connectivity index (χ0n) is 16.9. The van der Waals surface area contributed by atoms with Gasteiger partial charge in [0.15, 0.2) is 0 Å². The summed E-state index contributed by atoms with van der Waals surface area (Å²) in [5.41, 5.74) is 1.76. The van der Waals surface area contributed by atoms with Gasteiger partial charge in [-0.2, -0.15) is 8.78 Å². The Morgan fingerprint density at radius 3 is 2.60 bits per heavy atom. The van der Waals surface area contributed by atoms with Crippen LogP contribution >= 0.6 is 15.9 Å². The van der Waals surface area contributed by atoms with Crippen molar-refractivity contribution in [3.8, 4) is 5.75 Å². The quantitative estimate of drug-likeness (QED) is 0.509. The third-order valence-corrected chi connectivity index (χ3v) is 5.48. The lowest BCUT2D eigenvalue weighted by Crippen LogP contribution is -2.27. The minimum Gasteiger partial charge on any atom is -0.434 e. The highest BCUT2D eigenvalue weighted by molar-refractivity contribution is 9.10. The minimum atomic E-state index is -2.97. The number of alkyl halides is 2. The molecule has 0 aliphatic carbocycles. The van der Waals surface area contributed by atoms with Crippen molar-refractivity contribution in [2.45, 2.75) is 33.5 Å². The monoisotopic (exact) mass is 481 g/mol. The molecular formula is C21H22BrF2N3O3. The molecule has 0 spiro atoms. The first kappa shape index (κ1) is 22.0. The van der Waals surface area contributed by atoms with E-state index in [-0.39, 0.29) is 23.8 Å². The summed E-state index contributed by atoms with van der Waals surface area (Å²) in [5, 5.41) is 0.530. The lowest BCUT2D eigenvalue weighted by atomic mass is 10.1. The van der Waals surface area contributed by atoms with E-state index in [2.05, 4.69) is 15.9 Å². The molecule has 0 radical (unpaired) electrons. The molecule has 3 aromatic rings. The van der Waals surface area contributed by atoms with Crippen molar-refractivity contribution in [2.24, 2.45) is 7.05 Å². The van der Waals surface area contributed by atoms with Gasteiger partial charge in [-0.25, -0.2) is 0 Å². The van der Waals surface area contributed by atoms with Crippen molar-refractivity contribution >= 4 is 32.7 Å². The Balaban J connectivity index is 2.07. The third-order valence-electron chi connectivity index (χ3n) is 4.99. The summed E-state index contributed by atoms with van der Waals surface area (Å²) >= 11 is 3.41. The number of fused-ring (bicyclic) bond motifs is 1. The Labute approximate surface area is 180 Å². The van der Waals surface area contributed by atoms with E-state index < -0.39 is 6.61 Å². The summed E-state index contributed by atoms with van der Waals surface area (Å²) in [6.45, 7) is 1.41. The highest BCUT2D eigenvalue weighted by Gasteiger charge is 2.17. The van der Waals surface area contributed by atoms with Crippen LogP contribution < -0.4 is 10.3 Å². The molecule has 2 aromatic carbocycles. The molecule has 9 heteroatoms. The molecule has 0 saturated carbocycles. The second kappa shape index (κ2) is 8.99. The highest BCUT2D eigenvalue weighted by atomic mass is 79.9. The molecular weight excluding hydrogens is 460 g/mol. The number of amides is 1. The smallest absolute Gasteiger partial charge is 0.387 e. The van der Waals surface area contributed by atoms with Crippen molar-refractivity contribution in [1.29, 1.82) is 0 Å². The third kappa shape index (κ3) is 4.56. The van der Waals surface area contributed by atoms with Crippen LogP contribution in [0.2, 0.25) is 0 Å². The standard InChI is InChI=1S/C21H22BrF2N3O3/c1-4-26(13(2)28)11-14-5-8-19(30-21(23)24)15(9-14)12-27-18-10-16(22)6-7-17(18)20(29)25(27)3/h5-10,21H,4,11-12H2,1-3H3. The highest BCUT2D eigenvalue weighted by Crippen LogP contribution is 2.26. The molecule has 1 aromatic heterocycles. The fourth-order valence-electron chi connectivity index (χ4n) is 3.43. The first-order valence-electron chi connectivity index (χ1n) is 9.38. The molecule has 0 atom stereocenters. The van der Waals surface area contributed by atoms with Crippen LogP contribution in [0.15, 0.2) is 45.7 Å². The molecule has 0 fully saturated rings. The van der Waals surface area contributed by atoms with Crippen molar-refractivity contribution in [1.82, 2.24) is 14.3 Å². The lowest BCUT2D eigenvalue weighted by molar-refractivity contribution is -0.129. The van der Waals surface area contributed by atoms with Crippen LogP contribution in [0.3, 0.4) is 0 Å². The van der Waals surface area contributed by atoms with Crippen molar-refractivity contribution in [3.05, 3.63) is 62.4 Å². The number of aromatic nitrogens is 2. The minimum absolute atomic E-state index is 0.0314. The van der Waals surface area contributed by atoms with Crippen LogP contribution in [-0.2, 0) is 24.9 Å². The van der Waals surface area contributed by atoms with Gasteiger partial charge in [0.2, 0.25) is 5.91 Å². The lowest BCUT2D eigenvalue weighted by Gasteiger charge is -2.20. The van der Waals surface area contributed by atoms with Crippen molar-refractivity contribution < 1.29 is 18.3 Å². The molecule has 160 valence electrons. The number of halogens is 3. The molecule has 0 aliphatic heterocycles. The Morgan fingerprint density at radius 1 is 1.23 bits per heavy atom. The summed E-state index contributed by atoms with van der Waals surface area (Å²) < 4.78 is 34.6. The molecule has 0 N–H and O–H groups in total. The first-order valence-corrected chi connectivity index (χ1v) is 10.2. The molecule has 0 unspecified atom stereocenters. The molecule has 0 saturated heterocycles. The summed E-state index contributed by atoms with van der Waals surface area (Å²) in [5.74, 6) is -0.0421. The summed E-state index contributed by atoms with van der Waals surface area (Å²) in [6, 6.07) is 10.2. The van der Waals surface area contributed by atoms with Crippen LogP contribution in [0.5, 0.6) is 5.75 Å². The zero-order chi connectivity index (χ0) is 22.0. The number of carbonyl (C=O) groups is 1. The van der Waals surface area contributed by atoms with Crippen LogP contribution in [0.1, 0.15) is 25.0 Å². The number of nitrogens with zero attached hydrogens (tertiary/aromatic N) is 3. The number of hydrogen-bond donors (Lipinski definition) is 0. The van der Waals surface area contributed by atoms with Gasteiger partial charge in [-0.15, -0.1) is 0 Å². The predicted octanol–water partition coefficient (Wildman–Crippen LogP) is 4.12. The maximum absolute atomic E-state index is 13.0. The van der Waals surface area contributed by atoms with Crippen LogP contribution in [-0.4, -0.2) is 33.3 Å². The topological polar surface area (TPSA) is 56.5 Å². The van der Waals surface area contributed by atoms with E-state index in [4.69, 9.17) is 4.74 Å². The Bertz CT molecular complexity index is 1140. The average molecular weight is 482 g/mol. The molecule has 0 aliphatic rings. The maximum atomic E-state index is 13.0. The SMILES string of the molecule is CCN(Cc1ccc(OC(F)F)c(Cn2c3cc(Br)ccc3c(=O)n2C)c1)C(C)=O. The Hall–Kier alpha value is -2.68. The zero-order valence-corrected chi connectivity index (χ0v) is 18.4. The van der Waals surface area contributed by atoms with E-state index in [1.165, 1.54) is 17.7 Å². The van der Waals surface area contributed by atoms with E-state index in [1.807, 2.05) is 13.0 Å². The second-order valence-electron chi connectivity index (χ2n) is 6.90. The molecule has 6 nitrogen and oxygen atoms in total.